The van der Waals surface area contributed by atoms with E-state index in [4.69, 9.17) is 21.4 Å². The Labute approximate surface area is 269 Å². The number of rotatable bonds is 10. The molecule has 1 aromatic heterocycles. The summed E-state index contributed by atoms with van der Waals surface area (Å²) in [5, 5.41) is 8.95. The summed E-state index contributed by atoms with van der Waals surface area (Å²) in [5.41, 5.74) is 6.76. The van der Waals surface area contributed by atoms with Crippen LogP contribution in [0.3, 0.4) is 0 Å². The second-order valence-corrected chi connectivity index (χ2v) is 12.2. The molecule has 9 heteroatoms. The number of carbonyl (C=O) groups is 2. The van der Waals surface area contributed by atoms with Gasteiger partial charge in [0.15, 0.2) is 0 Å². The summed E-state index contributed by atoms with van der Waals surface area (Å²) in [7, 11) is 1.63. The number of fused-ring (bicyclic) bond motifs is 1. The molecule has 2 amide bonds. The molecule has 0 atom stereocenters. The van der Waals surface area contributed by atoms with Crippen LogP contribution in [0.2, 0.25) is 5.02 Å². The molecule has 1 saturated heterocycles. The smallest absolute Gasteiger partial charge is 0.252 e. The third kappa shape index (κ3) is 6.77. The van der Waals surface area contributed by atoms with Gasteiger partial charge in [-0.15, -0.1) is 0 Å². The predicted octanol–water partition coefficient (Wildman–Crippen LogP) is 6.20. The number of likely N-dealkylation sites (tertiary alicyclic amines) is 1. The molecule has 234 valence electrons. The second kappa shape index (κ2) is 13.9. The molecule has 3 aromatic carbocycles. The summed E-state index contributed by atoms with van der Waals surface area (Å²) >= 11 is 6.77. The van der Waals surface area contributed by atoms with E-state index in [0.717, 1.165) is 84.0 Å². The first-order valence-corrected chi connectivity index (χ1v) is 16.2. The van der Waals surface area contributed by atoms with Gasteiger partial charge >= 0.3 is 0 Å². The van der Waals surface area contributed by atoms with E-state index in [9.17, 15) is 9.59 Å². The molecule has 0 radical (unpaired) electrons. The lowest BCUT2D eigenvalue weighted by Crippen LogP contribution is -2.35. The SMILES string of the molecule is COc1ccc(CNC(=O)c2cccc(-c3ccccc3Cl)c2-c2nn(CCCN3CCCC3)c3c2CN(C(C)=O)CC3)cc1. The van der Waals surface area contributed by atoms with Crippen LogP contribution in [0.5, 0.6) is 5.75 Å². The molecule has 0 saturated carbocycles. The number of nitrogens with zero attached hydrogens (tertiary/aromatic N) is 4. The van der Waals surface area contributed by atoms with Crippen molar-refractivity contribution in [3.63, 3.8) is 0 Å². The van der Waals surface area contributed by atoms with Gasteiger partial charge in [-0.3, -0.25) is 14.3 Å². The highest BCUT2D eigenvalue weighted by molar-refractivity contribution is 6.33. The fourth-order valence-corrected chi connectivity index (χ4v) is 6.75. The summed E-state index contributed by atoms with van der Waals surface area (Å²) in [6, 6.07) is 21.1. The van der Waals surface area contributed by atoms with E-state index in [2.05, 4.69) is 14.9 Å². The van der Waals surface area contributed by atoms with Crippen molar-refractivity contribution in [2.24, 2.45) is 0 Å². The zero-order valence-corrected chi connectivity index (χ0v) is 26.8. The summed E-state index contributed by atoms with van der Waals surface area (Å²) in [6.45, 7) is 7.23. The molecule has 4 aromatic rings. The minimum Gasteiger partial charge on any atom is -0.497 e. The molecule has 0 bridgehead atoms. The number of ether oxygens (including phenoxy) is 1. The van der Waals surface area contributed by atoms with Gasteiger partial charge in [0.2, 0.25) is 5.91 Å². The maximum Gasteiger partial charge on any atom is 0.252 e. The van der Waals surface area contributed by atoms with Crippen molar-refractivity contribution in [1.29, 1.82) is 0 Å². The first-order chi connectivity index (χ1) is 21.9. The maximum atomic E-state index is 14.0. The third-order valence-electron chi connectivity index (χ3n) is 8.94. The van der Waals surface area contributed by atoms with Crippen molar-refractivity contribution in [2.45, 2.75) is 52.2 Å². The Hall–Kier alpha value is -4.14. The Morgan fingerprint density at radius 1 is 0.933 bits per heavy atom. The Bertz CT molecular complexity index is 1680. The number of hydrogen-bond acceptors (Lipinski definition) is 5. The van der Waals surface area contributed by atoms with Crippen LogP contribution in [-0.2, 0) is 30.8 Å². The lowest BCUT2D eigenvalue weighted by molar-refractivity contribution is -0.129. The predicted molar refractivity (Wildman–Crippen MR) is 177 cm³/mol. The fourth-order valence-electron chi connectivity index (χ4n) is 6.52. The zero-order chi connectivity index (χ0) is 31.3. The molecule has 3 heterocycles. The standard InChI is InChI=1S/C36H40ClN5O3/c1-25(43)41-22-17-33-31(24-41)35(39-42(33)21-8-20-40-18-5-6-19-40)34-29(28-9-3-4-12-32(28)37)10-7-11-30(34)36(44)38-23-26-13-15-27(45-2)16-14-26/h3-4,7,9-16H,5-6,8,17-24H2,1-2H3,(H,38,44). The summed E-state index contributed by atoms with van der Waals surface area (Å²) in [4.78, 5) is 30.9. The van der Waals surface area contributed by atoms with E-state index in [1.54, 1.807) is 14.0 Å². The topological polar surface area (TPSA) is 79.7 Å². The summed E-state index contributed by atoms with van der Waals surface area (Å²) in [5.74, 6) is 0.594. The van der Waals surface area contributed by atoms with E-state index in [-0.39, 0.29) is 11.8 Å². The largest absolute Gasteiger partial charge is 0.497 e. The van der Waals surface area contributed by atoms with Gasteiger partial charge in [-0.05, 0) is 74.3 Å². The number of amides is 2. The number of benzene rings is 3. The molecule has 1 fully saturated rings. The summed E-state index contributed by atoms with van der Waals surface area (Å²) < 4.78 is 7.41. The third-order valence-corrected chi connectivity index (χ3v) is 9.27. The first-order valence-electron chi connectivity index (χ1n) is 15.8. The number of carbonyl (C=O) groups excluding carboxylic acids is 2. The van der Waals surface area contributed by atoms with Crippen LogP contribution < -0.4 is 10.1 Å². The van der Waals surface area contributed by atoms with Crippen molar-refractivity contribution in [2.75, 3.05) is 33.3 Å². The molecule has 2 aliphatic rings. The number of halogens is 1. The normalized spacial score (nSPS) is 14.8. The van der Waals surface area contributed by atoms with Gasteiger partial charge in [-0.25, -0.2) is 0 Å². The van der Waals surface area contributed by atoms with E-state index in [0.29, 0.717) is 30.2 Å². The quantitative estimate of drug-likeness (QED) is 0.227. The van der Waals surface area contributed by atoms with Gasteiger partial charge in [-0.2, -0.15) is 5.10 Å². The highest BCUT2D eigenvalue weighted by atomic mass is 35.5. The fraction of sp³-hybridized carbons (Fsp3) is 0.361. The molecule has 0 spiro atoms. The van der Waals surface area contributed by atoms with Crippen molar-refractivity contribution >= 4 is 23.4 Å². The average Bonchev–Trinajstić information content (AvgIpc) is 3.71. The minimum absolute atomic E-state index is 0.0326. The summed E-state index contributed by atoms with van der Waals surface area (Å²) in [6.07, 6.45) is 4.25. The molecule has 1 N–H and O–H groups in total. The van der Waals surface area contributed by atoms with Gasteiger partial charge in [0, 0.05) is 72.5 Å². The Balaban J connectivity index is 1.42. The van der Waals surface area contributed by atoms with Crippen LogP contribution in [-0.4, -0.2) is 64.7 Å². The van der Waals surface area contributed by atoms with Crippen molar-refractivity contribution < 1.29 is 14.3 Å². The van der Waals surface area contributed by atoms with Gasteiger partial charge in [0.1, 0.15) is 5.75 Å². The molecule has 45 heavy (non-hydrogen) atoms. The van der Waals surface area contributed by atoms with E-state index < -0.39 is 0 Å². The highest BCUT2D eigenvalue weighted by Gasteiger charge is 2.30. The van der Waals surface area contributed by atoms with Crippen LogP contribution in [0.25, 0.3) is 22.4 Å². The van der Waals surface area contributed by atoms with Gasteiger partial charge < -0.3 is 19.9 Å². The van der Waals surface area contributed by atoms with Crippen LogP contribution in [0.4, 0.5) is 0 Å². The van der Waals surface area contributed by atoms with Crippen LogP contribution >= 0.6 is 11.6 Å². The number of aryl methyl sites for hydroxylation is 1. The number of methoxy groups -OCH3 is 1. The van der Waals surface area contributed by atoms with Crippen LogP contribution in [0, 0.1) is 0 Å². The molecule has 8 nitrogen and oxygen atoms in total. The lowest BCUT2D eigenvalue weighted by Gasteiger charge is -2.27. The molecule has 0 unspecified atom stereocenters. The number of nitrogens with one attached hydrogen (secondary N) is 1. The minimum atomic E-state index is -0.203. The lowest BCUT2D eigenvalue weighted by atomic mass is 9.89. The maximum absolute atomic E-state index is 14.0. The molecule has 6 rings (SSSR count). The Morgan fingerprint density at radius 3 is 2.42 bits per heavy atom. The molecule has 2 aliphatic heterocycles. The van der Waals surface area contributed by atoms with Gasteiger partial charge in [0.05, 0.1) is 12.8 Å². The van der Waals surface area contributed by atoms with Crippen molar-refractivity contribution in [3.8, 4) is 28.1 Å². The van der Waals surface area contributed by atoms with E-state index in [1.807, 2.05) is 71.6 Å². The van der Waals surface area contributed by atoms with Gasteiger partial charge in [0.25, 0.3) is 5.91 Å². The number of hydrogen-bond donors (Lipinski definition) is 1. The van der Waals surface area contributed by atoms with E-state index >= 15 is 0 Å². The number of aromatic nitrogens is 2. The van der Waals surface area contributed by atoms with Crippen molar-refractivity contribution in [1.82, 2.24) is 24.9 Å². The molecule has 0 aliphatic carbocycles. The average molecular weight is 626 g/mol. The monoisotopic (exact) mass is 625 g/mol. The van der Waals surface area contributed by atoms with Crippen molar-refractivity contribution in [3.05, 3.63) is 94.1 Å². The second-order valence-electron chi connectivity index (χ2n) is 11.8. The van der Waals surface area contributed by atoms with Crippen LogP contribution in [0.15, 0.2) is 66.7 Å². The van der Waals surface area contributed by atoms with Gasteiger partial charge in [-0.1, -0.05) is 54.1 Å². The van der Waals surface area contributed by atoms with E-state index in [1.165, 1.54) is 12.8 Å². The Morgan fingerprint density at radius 2 is 1.69 bits per heavy atom. The zero-order valence-electron chi connectivity index (χ0n) is 26.0. The Kier molecular flexibility index (Phi) is 9.52. The first kappa shape index (κ1) is 30.9. The molecular weight excluding hydrogens is 586 g/mol. The molecular formula is C36H40ClN5O3. The van der Waals surface area contributed by atoms with Crippen LogP contribution in [0.1, 0.15) is 53.4 Å². The highest BCUT2D eigenvalue weighted by Crippen LogP contribution is 2.41.